The van der Waals surface area contributed by atoms with E-state index >= 15 is 0 Å². The Hall–Kier alpha value is 0.260. The smallest absolute Gasteiger partial charge is 0.151 e. The molecule has 1 aliphatic carbocycles. The van der Waals surface area contributed by atoms with E-state index < -0.39 is 9.84 Å². The van der Waals surface area contributed by atoms with Crippen molar-refractivity contribution < 1.29 is 8.42 Å². The van der Waals surface area contributed by atoms with Gasteiger partial charge < -0.3 is 4.90 Å². The summed E-state index contributed by atoms with van der Waals surface area (Å²) >= 11 is 4.56. The lowest BCUT2D eigenvalue weighted by Gasteiger charge is -2.40. The Kier molecular flexibility index (Phi) is 4.66. The van der Waals surface area contributed by atoms with Crippen LogP contribution in [0, 0.1) is 5.41 Å². The molecule has 0 radical (unpaired) electrons. The molecule has 0 bridgehead atoms. The van der Waals surface area contributed by atoms with E-state index in [2.05, 4.69) is 24.6 Å². The van der Waals surface area contributed by atoms with Crippen LogP contribution in [0.4, 0.5) is 0 Å². The van der Waals surface area contributed by atoms with E-state index in [9.17, 15) is 8.42 Å². The normalized spacial score (nSPS) is 30.7. The number of thiol groups is 1. The second-order valence-corrected chi connectivity index (χ2v) is 8.74. The Balaban J connectivity index is 1.95. The topological polar surface area (TPSA) is 37.4 Å². The maximum absolute atomic E-state index is 11.5. The number of sulfone groups is 1. The molecule has 0 aromatic rings. The number of nitrogens with zero attached hydrogens (tertiary/aromatic N) is 1. The molecule has 18 heavy (non-hydrogen) atoms. The van der Waals surface area contributed by atoms with Gasteiger partial charge in [0.15, 0.2) is 9.84 Å². The summed E-state index contributed by atoms with van der Waals surface area (Å²) in [6.45, 7) is 1.01. The van der Waals surface area contributed by atoms with E-state index in [-0.39, 0.29) is 6.04 Å². The van der Waals surface area contributed by atoms with Gasteiger partial charge in [0.25, 0.3) is 0 Å². The molecule has 5 heteroatoms. The molecule has 1 heterocycles. The Morgan fingerprint density at radius 3 is 2.44 bits per heavy atom. The molecule has 1 aliphatic heterocycles. The average molecular weight is 291 g/mol. The SMILES string of the molecule is CN(CC1(CS)CCCCC1)C1CCS(=O)(=O)C1. The molecule has 0 aromatic heterocycles. The van der Waals surface area contributed by atoms with Crippen LogP contribution in [0.1, 0.15) is 38.5 Å². The Bertz CT molecular complexity index is 374. The maximum Gasteiger partial charge on any atom is 0.151 e. The fourth-order valence-electron chi connectivity index (χ4n) is 3.45. The zero-order chi connectivity index (χ0) is 13.2. The van der Waals surface area contributed by atoms with Gasteiger partial charge in [0.1, 0.15) is 0 Å². The van der Waals surface area contributed by atoms with E-state index in [0.29, 0.717) is 16.9 Å². The summed E-state index contributed by atoms with van der Waals surface area (Å²) < 4.78 is 23.1. The predicted molar refractivity (Wildman–Crippen MR) is 79.1 cm³/mol. The molecule has 3 nitrogen and oxygen atoms in total. The van der Waals surface area contributed by atoms with Gasteiger partial charge in [-0.1, -0.05) is 19.3 Å². The van der Waals surface area contributed by atoms with Crippen LogP contribution in [0.2, 0.25) is 0 Å². The molecule has 1 atom stereocenters. The van der Waals surface area contributed by atoms with Gasteiger partial charge >= 0.3 is 0 Å². The molecule has 0 spiro atoms. The van der Waals surface area contributed by atoms with Crippen LogP contribution in [0.15, 0.2) is 0 Å². The van der Waals surface area contributed by atoms with Crippen molar-refractivity contribution >= 4 is 22.5 Å². The summed E-state index contributed by atoms with van der Waals surface area (Å²) in [6, 6.07) is 0.230. The van der Waals surface area contributed by atoms with Gasteiger partial charge in [-0.3, -0.25) is 0 Å². The van der Waals surface area contributed by atoms with Gasteiger partial charge in [-0.05, 0) is 37.5 Å². The first-order chi connectivity index (χ1) is 8.46. The molecule has 2 rings (SSSR count). The zero-order valence-electron chi connectivity index (χ0n) is 11.3. The highest BCUT2D eigenvalue weighted by molar-refractivity contribution is 7.91. The first kappa shape index (κ1) is 14.7. The van der Waals surface area contributed by atoms with Crippen LogP contribution in [0.3, 0.4) is 0 Å². The summed E-state index contributed by atoms with van der Waals surface area (Å²) in [5.41, 5.74) is 0.322. The van der Waals surface area contributed by atoms with Crippen molar-refractivity contribution in [2.45, 2.75) is 44.6 Å². The lowest BCUT2D eigenvalue weighted by Crippen LogP contribution is -2.43. The lowest BCUT2D eigenvalue weighted by atomic mass is 9.75. The first-order valence-electron chi connectivity index (χ1n) is 6.98. The van der Waals surface area contributed by atoms with E-state index in [1.54, 1.807) is 0 Å². The minimum atomic E-state index is -2.77. The highest BCUT2D eigenvalue weighted by atomic mass is 32.2. The van der Waals surface area contributed by atoms with Gasteiger partial charge in [-0.15, -0.1) is 0 Å². The largest absolute Gasteiger partial charge is 0.302 e. The summed E-state index contributed by atoms with van der Waals surface area (Å²) in [5.74, 6) is 1.65. The molecule has 0 N–H and O–H groups in total. The average Bonchev–Trinajstić information content (AvgIpc) is 2.71. The molecule has 1 saturated heterocycles. The van der Waals surface area contributed by atoms with Crippen molar-refractivity contribution in [3.05, 3.63) is 0 Å². The van der Waals surface area contributed by atoms with Crippen molar-refractivity contribution in [1.29, 1.82) is 0 Å². The lowest BCUT2D eigenvalue weighted by molar-refractivity contribution is 0.121. The minimum Gasteiger partial charge on any atom is -0.302 e. The molecule has 1 saturated carbocycles. The summed E-state index contributed by atoms with van der Waals surface area (Å²) in [6.07, 6.45) is 7.26. The fraction of sp³-hybridized carbons (Fsp3) is 1.00. The van der Waals surface area contributed by atoms with E-state index in [4.69, 9.17) is 0 Å². The molecular weight excluding hydrogens is 266 g/mol. The highest BCUT2D eigenvalue weighted by Crippen LogP contribution is 2.38. The molecule has 2 aliphatic rings. The van der Waals surface area contributed by atoms with Gasteiger partial charge in [0.05, 0.1) is 11.5 Å². The molecule has 0 aromatic carbocycles. The van der Waals surface area contributed by atoms with Crippen molar-refractivity contribution in [3.63, 3.8) is 0 Å². The molecule has 2 fully saturated rings. The van der Waals surface area contributed by atoms with Crippen LogP contribution in [-0.2, 0) is 9.84 Å². The Morgan fingerprint density at radius 1 is 1.28 bits per heavy atom. The standard InChI is InChI=1S/C13H25NO2S2/c1-14(12-5-8-18(15,16)9-12)10-13(11-17)6-3-2-4-7-13/h12,17H,2-11H2,1H3. The van der Waals surface area contributed by atoms with Gasteiger partial charge in [-0.2, -0.15) is 12.6 Å². The van der Waals surface area contributed by atoms with Crippen molar-refractivity contribution in [2.75, 3.05) is 30.9 Å². The van der Waals surface area contributed by atoms with E-state index in [0.717, 1.165) is 18.7 Å². The second-order valence-electron chi connectivity index (χ2n) is 6.19. The highest BCUT2D eigenvalue weighted by Gasteiger charge is 2.36. The van der Waals surface area contributed by atoms with Crippen molar-refractivity contribution in [1.82, 2.24) is 4.90 Å². The van der Waals surface area contributed by atoms with E-state index in [1.165, 1.54) is 32.1 Å². The third-order valence-corrected chi connectivity index (χ3v) is 7.09. The predicted octanol–water partition coefficient (Wildman–Crippen LogP) is 1.99. The van der Waals surface area contributed by atoms with Gasteiger partial charge in [-0.25, -0.2) is 8.42 Å². The quantitative estimate of drug-likeness (QED) is 0.805. The monoisotopic (exact) mass is 291 g/mol. The Morgan fingerprint density at radius 2 is 1.94 bits per heavy atom. The molecule has 0 amide bonds. The Labute approximate surface area is 117 Å². The van der Waals surface area contributed by atoms with Crippen molar-refractivity contribution in [2.24, 2.45) is 5.41 Å². The maximum atomic E-state index is 11.5. The molecule has 106 valence electrons. The second kappa shape index (κ2) is 5.71. The number of hydrogen-bond donors (Lipinski definition) is 1. The zero-order valence-corrected chi connectivity index (χ0v) is 13.0. The van der Waals surface area contributed by atoms with Crippen LogP contribution in [0.25, 0.3) is 0 Å². The first-order valence-corrected chi connectivity index (χ1v) is 9.43. The van der Waals surface area contributed by atoms with Crippen LogP contribution < -0.4 is 0 Å². The minimum absolute atomic E-state index is 0.230. The number of hydrogen-bond acceptors (Lipinski definition) is 4. The van der Waals surface area contributed by atoms with Crippen LogP contribution in [-0.4, -0.2) is 50.2 Å². The van der Waals surface area contributed by atoms with E-state index in [1.807, 2.05) is 0 Å². The van der Waals surface area contributed by atoms with Crippen molar-refractivity contribution in [3.8, 4) is 0 Å². The van der Waals surface area contributed by atoms with Crippen LogP contribution >= 0.6 is 12.6 Å². The molecular formula is C13H25NO2S2. The van der Waals surface area contributed by atoms with Gasteiger partial charge in [0, 0.05) is 12.6 Å². The summed E-state index contributed by atoms with van der Waals surface area (Å²) in [7, 11) is -0.680. The fourth-order valence-corrected chi connectivity index (χ4v) is 5.67. The van der Waals surface area contributed by atoms with Gasteiger partial charge in [0.2, 0.25) is 0 Å². The van der Waals surface area contributed by atoms with Crippen LogP contribution in [0.5, 0.6) is 0 Å². The third kappa shape index (κ3) is 3.42. The summed E-state index contributed by atoms with van der Waals surface area (Å²) in [5, 5.41) is 0. The third-order valence-electron chi connectivity index (χ3n) is 4.67. The summed E-state index contributed by atoms with van der Waals surface area (Å²) in [4.78, 5) is 2.28. The molecule has 1 unspecified atom stereocenters. The number of rotatable bonds is 4.